The van der Waals surface area contributed by atoms with E-state index >= 15 is 0 Å². The Morgan fingerprint density at radius 3 is 3.06 bits per heavy atom. The van der Waals surface area contributed by atoms with Crippen LogP contribution in [0.4, 0.5) is 0 Å². The van der Waals surface area contributed by atoms with Crippen molar-refractivity contribution in [1.82, 2.24) is 9.55 Å². The minimum absolute atomic E-state index is 0.0576. The molecule has 18 heavy (non-hydrogen) atoms. The third-order valence-corrected chi connectivity index (χ3v) is 4.29. The number of carboxylic acids is 1. The molecule has 1 aromatic heterocycles. The summed E-state index contributed by atoms with van der Waals surface area (Å²) in [6, 6.07) is 0. The average molecular weight is 270 g/mol. The van der Waals surface area contributed by atoms with Crippen LogP contribution in [0, 0.1) is 5.41 Å². The maximum atomic E-state index is 10.6. The zero-order valence-electron chi connectivity index (χ0n) is 10.5. The Bertz CT molecular complexity index is 415. The van der Waals surface area contributed by atoms with Gasteiger partial charge in [-0.1, -0.05) is 11.8 Å². The van der Waals surface area contributed by atoms with E-state index in [2.05, 4.69) is 9.55 Å². The number of ether oxygens (including phenoxy) is 1. The van der Waals surface area contributed by atoms with Crippen molar-refractivity contribution in [3.8, 4) is 0 Å². The molecule has 0 amide bonds. The highest BCUT2D eigenvalue weighted by Gasteiger charge is 2.42. The molecule has 1 N–H and O–H groups in total. The molecule has 1 aromatic rings. The molecule has 1 aliphatic rings. The maximum absolute atomic E-state index is 10.6. The lowest BCUT2D eigenvalue weighted by Crippen LogP contribution is -2.14. The Morgan fingerprint density at radius 1 is 1.67 bits per heavy atom. The Hall–Kier alpha value is -1.01. The summed E-state index contributed by atoms with van der Waals surface area (Å²) in [5.41, 5.74) is 0.343. The molecule has 0 unspecified atom stereocenters. The van der Waals surface area contributed by atoms with Gasteiger partial charge in [0.2, 0.25) is 0 Å². The van der Waals surface area contributed by atoms with Gasteiger partial charge in [0, 0.05) is 32.7 Å². The number of hydrogen-bond donors (Lipinski definition) is 1. The molecular formula is C12H18N2O3S. The number of carbonyl (C=O) groups is 1. The first-order chi connectivity index (χ1) is 8.65. The van der Waals surface area contributed by atoms with E-state index in [-0.39, 0.29) is 5.75 Å². The summed E-state index contributed by atoms with van der Waals surface area (Å²) in [5.74, 6) is -0.752. The van der Waals surface area contributed by atoms with Gasteiger partial charge in [0.05, 0.1) is 5.75 Å². The molecule has 5 nitrogen and oxygen atoms in total. The van der Waals surface area contributed by atoms with E-state index in [1.807, 2.05) is 6.20 Å². The van der Waals surface area contributed by atoms with Gasteiger partial charge in [-0.25, -0.2) is 4.98 Å². The van der Waals surface area contributed by atoms with Crippen molar-refractivity contribution in [2.75, 3.05) is 19.5 Å². The first-order valence-corrected chi connectivity index (χ1v) is 6.98. The van der Waals surface area contributed by atoms with Gasteiger partial charge in [0.1, 0.15) is 0 Å². The van der Waals surface area contributed by atoms with Crippen LogP contribution in [0.2, 0.25) is 0 Å². The normalized spacial score (nSPS) is 16.7. The Morgan fingerprint density at radius 2 is 2.44 bits per heavy atom. The quantitative estimate of drug-likeness (QED) is 0.731. The molecule has 0 aromatic carbocycles. The van der Waals surface area contributed by atoms with Gasteiger partial charge in [-0.3, -0.25) is 4.79 Å². The van der Waals surface area contributed by atoms with Gasteiger partial charge in [0.25, 0.3) is 0 Å². The van der Waals surface area contributed by atoms with Crippen LogP contribution in [0.5, 0.6) is 0 Å². The molecule has 0 aliphatic heterocycles. The van der Waals surface area contributed by atoms with E-state index in [9.17, 15) is 4.79 Å². The standard InChI is InChI=1S/C12H18N2O3S/c1-17-7-4-12(2-3-12)9-14-6-5-13-11(14)18-8-10(15)16/h5-6H,2-4,7-9H2,1H3,(H,15,16). The number of methoxy groups -OCH3 is 1. The number of nitrogens with zero attached hydrogens (tertiary/aromatic N) is 2. The number of thioether (sulfide) groups is 1. The van der Waals surface area contributed by atoms with E-state index in [4.69, 9.17) is 9.84 Å². The molecule has 0 atom stereocenters. The van der Waals surface area contributed by atoms with Gasteiger partial charge in [-0.2, -0.15) is 0 Å². The average Bonchev–Trinajstić information content (AvgIpc) is 2.95. The molecule has 100 valence electrons. The molecule has 0 radical (unpaired) electrons. The highest BCUT2D eigenvalue weighted by Crippen LogP contribution is 2.50. The molecule has 1 aliphatic carbocycles. The van der Waals surface area contributed by atoms with Gasteiger partial charge in [-0.05, 0) is 24.7 Å². The summed E-state index contributed by atoms with van der Waals surface area (Å²) in [6.07, 6.45) is 7.16. The van der Waals surface area contributed by atoms with Crippen LogP contribution in [0.15, 0.2) is 17.6 Å². The molecule has 1 fully saturated rings. The van der Waals surface area contributed by atoms with Crippen LogP contribution in [-0.4, -0.2) is 40.1 Å². The largest absolute Gasteiger partial charge is 0.481 e. The summed E-state index contributed by atoms with van der Waals surface area (Å²) < 4.78 is 7.20. The molecule has 1 saturated carbocycles. The first-order valence-electron chi connectivity index (χ1n) is 6.00. The predicted molar refractivity (Wildman–Crippen MR) is 68.7 cm³/mol. The van der Waals surface area contributed by atoms with Crippen LogP contribution in [0.3, 0.4) is 0 Å². The first kappa shape index (κ1) is 13.4. The fraction of sp³-hybridized carbons (Fsp3) is 0.667. The van der Waals surface area contributed by atoms with Gasteiger partial charge in [0.15, 0.2) is 5.16 Å². The summed E-state index contributed by atoms with van der Waals surface area (Å²) in [5, 5.41) is 9.48. The van der Waals surface area contributed by atoms with Crippen LogP contribution < -0.4 is 0 Å². The number of rotatable bonds is 8. The summed E-state index contributed by atoms with van der Waals surface area (Å²) in [4.78, 5) is 14.8. The third kappa shape index (κ3) is 3.49. The minimum Gasteiger partial charge on any atom is -0.481 e. The van der Waals surface area contributed by atoms with Gasteiger partial charge < -0.3 is 14.4 Å². The summed E-state index contributed by atoms with van der Waals surface area (Å²) >= 11 is 1.28. The molecule has 2 rings (SSSR count). The van der Waals surface area contributed by atoms with Crippen molar-refractivity contribution in [2.24, 2.45) is 5.41 Å². The summed E-state index contributed by atoms with van der Waals surface area (Å²) in [6.45, 7) is 1.70. The van der Waals surface area contributed by atoms with Crippen LogP contribution in [0.1, 0.15) is 19.3 Å². The second-order valence-electron chi connectivity index (χ2n) is 4.76. The maximum Gasteiger partial charge on any atom is 0.313 e. The SMILES string of the molecule is COCCC1(Cn2ccnc2SCC(=O)O)CC1. The molecule has 0 spiro atoms. The molecule has 0 saturated heterocycles. The van der Waals surface area contributed by atoms with Crippen LogP contribution >= 0.6 is 11.8 Å². The molecule has 6 heteroatoms. The molecule has 1 heterocycles. The number of aromatic nitrogens is 2. The van der Waals surface area contributed by atoms with E-state index < -0.39 is 5.97 Å². The van der Waals surface area contributed by atoms with E-state index in [0.717, 1.165) is 24.7 Å². The molecule has 0 bridgehead atoms. The number of carboxylic acid groups (broad SMARTS) is 1. The van der Waals surface area contributed by atoms with Crippen molar-refractivity contribution in [2.45, 2.75) is 31.0 Å². The predicted octanol–water partition coefficient (Wildman–Crippen LogP) is 1.88. The topological polar surface area (TPSA) is 64.4 Å². The lowest BCUT2D eigenvalue weighted by Gasteiger charge is -2.16. The van der Waals surface area contributed by atoms with Crippen LogP contribution in [0.25, 0.3) is 0 Å². The van der Waals surface area contributed by atoms with Crippen LogP contribution in [-0.2, 0) is 16.1 Å². The highest BCUT2D eigenvalue weighted by molar-refractivity contribution is 7.99. The lowest BCUT2D eigenvalue weighted by molar-refractivity contribution is -0.133. The van der Waals surface area contributed by atoms with E-state index in [1.165, 1.54) is 24.6 Å². The third-order valence-electron chi connectivity index (χ3n) is 3.30. The lowest BCUT2D eigenvalue weighted by atomic mass is 10.0. The zero-order valence-corrected chi connectivity index (χ0v) is 11.3. The summed E-state index contributed by atoms with van der Waals surface area (Å²) in [7, 11) is 1.72. The van der Waals surface area contributed by atoms with Crippen molar-refractivity contribution in [3.05, 3.63) is 12.4 Å². The van der Waals surface area contributed by atoms with Crippen molar-refractivity contribution >= 4 is 17.7 Å². The van der Waals surface area contributed by atoms with Gasteiger partial charge in [-0.15, -0.1) is 0 Å². The minimum atomic E-state index is -0.810. The fourth-order valence-corrected chi connectivity index (χ4v) is 2.71. The second kappa shape index (κ2) is 5.75. The van der Waals surface area contributed by atoms with Crippen molar-refractivity contribution < 1.29 is 14.6 Å². The van der Waals surface area contributed by atoms with E-state index in [1.54, 1.807) is 13.3 Å². The van der Waals surface area contributed by atoms with Crippen molar-refractivity contribution in [3.63, 3.8) is 0 Å². The second-order valence-corrected chi connectivity index (χ2v) is 5.71. The van der Waals surface area contributed by atoms with E-state index in [0.29, 0.717) is 5.41 Å². The Labute approximate surface area is 111 Å². The highest BCUT2D eigenvalue weighted by atomic mass is 32.2. The number of aliphatic carboxylic acids is 1. The smallest absolute Gasteiger partial charge is 0.313 e. The van der Waals surface area contributed by atoms with Crippen molar-refractivity contribution in [1.29, 1.82) is 0 Å². The Kier molecular flexibility index (Phi) is 4.29. The van der Waals surface area contributed by atoms with Gasteiger partial charge >= 0.3 is 5.97 Å². The zero-order chi connectivity index (χ0) is 13.0. The molecular weight excluding hydrogens is 252 g/mol. The fourth-order valence-electron chi connectivity index (χ4n) is 2.03. The number of imidazole rings is 1. The Balaban J connectivity index is 1.93. The number of hydrogen-bond acceptors (Lipinski definition) is 4. The monoisotopic (exact) mass is 270 g/mol.